The lowest BCUT2D eigenvalue weighted by Gasteiger charge is -2.13. The summed E-state index contributed by atoms with van der Waals surface area (Å²) in [6, 6.07) is 22.2. The van der Waals surface area contributed by atoms with E-state index >= 15 is 0 Å². The highest BCUT2D eigenvalue weighted by Gasteiger charge is 2.25. The molecule has 1 unspecified atom stereocenters. The zero-order valence-corrected chi connectivity index (χ0v) is 25.4. The van der Waals surface area contributed by atoms with Crippen molar-refractivity contribution in [1.29, 1.82) is 0 Å². The number of esters is 1. The molecule has 0 aliphatic carbocycles. The van der Waals surface area contributed by atoms with Crippen LogP contribution in [0.2, 0.25) is 10.0 Å². The number of fused-ring (bicyclic) bond motifs is 1. The van der Waals surface area contributed by atoms with Crippen molar-refractivity contribution in [2.45, 2.75) is 43.9 Å². The molecule has 5 aromatic rings. The lowest BCUT2D eigenvalue weighted by atomic mass is 10.0. The molecule has 1 atom stereocenters. The second-order valence-electron chi connectivity index (χ2n) is 9.46. The van der Waals surface area contributed by atoms with Crippen LogP contribution in [0.15, 0.2) is 82.2 Å². The van der Waals surface area contributed by atoms with Gasteiger partial charge in [-0.15, -0.1) is 0 Å². The van der Waals surface area contributed by atoms with Crippen LogP contribution in [-0.2, 0) is 34.7 Å². The van der Waals surface area contributed by atoms with Crippen LogP contribution in [-0.4, -0.2) is 27.3 Å². The molecule has 0 bridgehead atoms. The molecular weight excluding hydrogens is 595 g/mol. The van der Waals surface area contributed by atoms with E-state index in [2.05, 4.69) is 17.1 Å². The number of benzene rings is 3. The van der Waals surface area contributed by atoms with Gasteiger partial charge in [-0.3, -0.25) is 0 Å². The van der Waals surface area contributed by atoms with Crippen LogP contribution in [0.1, 0.15) is 47.8 Å². The number of pyridine rings is 1. The molecule has 0 saturated heterocycles. The predicted octanol–water partition coefficient (Wildman–Crippen LogP) is 8.21. The molecule has 0 fully saturated rings. The van der Waals surface area contributed by atoms with E-state index in [1.165, 1.54) is 0 Å². The molecule has 0 aliphatic rings. The fourth-order valence-corrected chi connectivity index (χ4v) is 6.61. The maximum absolute atomic E-state index is 13.2. The Morgan fingerprint density at radius 3 is 2.43 bits per heavy atom. The third-order valence-corrected chi connectivity index (χ3v) is 8.87. The largest absolute Gasteiger partial charge is 0.611 e. The molecule has 0 radical (unpaired) electrons. The van der Waals surface area contributed by atoms with Crippen molar-refractivity contribution in [3.63, 3.8) is 0 Å². The van der Waals surface area contributed by atoms with Crippen molar-refractivity contribution in [2.75, 3.05) is 6.61 Å². The molecule has 0 amide bonds. The Labute approximate surface area is 256 Å². The summed E-state index contributed by atoms with van der Waals surface area (Å²) in [4.78, 5) is 16.8. The van der Waals surface area contributed by atoms with Crippen molar-refractivity contribution < 1.29 is 23.3 Å². The predicted molar refractivity (Wildman–Crippen MR) is 165 cm³/mol. The highest BCUT2D eigenvalue weighted by Crippen LogP contribution is 2.33. The van der Waals surface area contributed by atoms with Crippen molar-refractivity contribution in [2.24, 2.45) is 0 Å². The second kappa shape index (κ2) is 13.6. The normalized spacial score (nSPS) is 11.9. The number of aromatic nitrogens is 2. The number of hydrogen-bond acceptors (Lipinski definition) is 7. The molecule has 0 N–H and O–H groups in total. The van der Waals surface area contributed by atoms with Gasteiger partial charge in [-0.25, -0.2) is 9.78 Å². The van der Waals surface area contributed by atoms with Gasteiger partial charge in [-0.1, -0.05) is 65.6 Å². The van der Waals surface area contributed by atoms with Gasteiger partial charge in [0.15, 0.2) is 10.6 Å². The number of carbonyl (C=O) groups is 1. The average Bonchev–Trinajstić information content (AvgIpc) is 3.36. The van der Waals surface area contributed by atoms with Crippen LogP contribution >= 0.6 is 23.2 Å². The maximum atomic E-state index is 13.2. The van der Waals surface area contributed by atoms with Crippen LogP contribution in [0, 0.1) is 0 Å². The topological polar surface area (TPSA) is 97.5 Å². The molecule has 0 spiro atoms. The van der Waals surface area contributed by atoms with Gasteiger partial charge in [-0.05, 0) is 78.1 Å². The maximum Gasteiger partial charge on any atom is 0.356 e. The first kappa shape index (κ1) is 29.9. The number of rotatable bonds is 11. The summed E-state index contributed by atoms with van der Waals surface area (Å²) in [7, 11) is 0. The molecule has 10 heteroatoms. The molecule has 2 aromatic heterocycles. The van der Waals surface area contributed by atoms with Gasteiger partial charge in [0.1, 0.15) is 29.5 Å². The first-order valence-corrected chi connectivity index (χ1v) is 15.5. The van der Waals surface area contributed by atoms with E-state index in [1.807, 2.05) is 48.5 Å². The Balaban J connectivity index is 1.30. The van der Waals surface area contributed by atoms with Gasteiger partial charge in [-0.2, -0.15) is 0 Å². The molecular formula is C32H28Cl2N2O5S. The summed E-state index contributed by atoms with van der Waals surface area (Å²) in [6.45, 7) is 4.33. The summed E-state index contributed by atoms with van der Waals surface area (Å²) < 4.78 is 29.9. The lowest BCUT2D eigenvalue weighted by Crippen LogP contribution is -2.10. The van der Waals surface area contributed by atoms with Crippen molar-refractivity contribution >= 4 is 51.2 Å². The van der Waals surface area contributed by atoms with Crippen molar-refractivity contribution in [1.82, 2.24) is 10.1 Å². The van der Waals surface area contributed by atoms with E-state index in [1.54, 1.807) is 31.2 Å². The minimum atomic E-state index is -1.52. The Bertz CT molecular complexity index is 1690. The van der Waals surface area contributed by atoms with Gasteiger partial charge < -0.3 is 18.5 Å². The van der Waals surface area contributed by atoms with E-state index in [4.69, 9.17) is 37.2 Å². The zero-order chi connectivity index (χ0) is 29.6. The number of carbonyl (C=O) groups excluding carboxylic acids is 1. The van der Waals surface area contributed by atoms with Crippen LogP contribution in [0.3, 0.4) is 0 Å². The van der Waals surface area contributed by atoms with E-state index in [9.17, 15) is 9.35 Å². The number of aryl methyl sites for hydroxylation is 1. The number of halogens is 2. The summed E-state index contributed by atoms with van der Waals surface area (Å²) >= 11 is 11.0. The lowest BCUT2D eigenvalue weighted by molar-refractivity contribution is 0.0520. The van der Waals surface area contributed by atoms with Crippen molar-refractivity contribution in [3.05, 3.63) is 106 Å². The van der Waals surface area contributed by atoms with Crippen LogP contribution < -0.4 is 4.74 Å². The summed E-state index contributed by atoms with van der Waals surface area (Å²) in [5.41, 5.74) is 4.35. The van der Waals surface area contributed by atoms with Crippen LogP contribution in [0.25, 0.3) is 22.0 Å². The molecule has 42 heavy (non-hydrogen) atoms. The summed E-state index contributed by atoms with van der Waals surface area (Å²) in [5, 5.41) is 5.82. The highest BCUT2D eigenvalue weighted by molar-refractivity contribution is 7.90. The second-order valence-corrected chi connectivity index (χ2v) is 11.7. The number of nitrogens with zero attached hydrogens (tertiary/aromatic N) is 2. The van der Waals surface area contributed by atoms with Crippen molar-refractivity contribution in [3.8, 4) is 16.9 Å². The number of hydrogen-bond donors (Lipinski definition) is 0. The molecule has 7 nitrogen and oxygen atoms in total. The van der Waals surface area contributed by atoms with Gasteiger partial charge in [0.25, 0.3) is 0 Å². The molecule has 216 valence electrons. The third-order valence-electron chi connectivity index (χ3n) is 6.59. The smallest absolute Gasteiger partial charge is 0.356 e. The average molecular weight is 624 g/mol. The summed E-state index contributed by atoms with van der Waals surface area (Å²) in [6.07, 6.45) is 1.55. The van der Waals surface area contributed by atoms with E-state index in [-0.39, 0.29) is 18.1 Å². The Morgan fingerprint density at radius 1 is 0.976 bits per heavy atom. The standard InChI is InChI=1S/C32H28Cl2N2O5S/c1-3-6-30-24(29(36-41-30)19-42(38)31-25(33)7-5-8-26(31)34)18-40-23-13-9-20(10-14-23)21-11-15-27-22(17-21)12-16-28(35-27)32(37)39-4-2/h5,7-17H,3-4,6,18-19H2,1-2H3. The van der Waals surface area contributed by atoms with Gasteiger partial charge in [0.2, 0.25) is 0 Å². The molecule has 0 saturated carbocycles. The minimum Gasteiger partial charge on any atom is -0.611 e. The fraction of sp³-hybridized carbons (Fsp3) is 0.219. The first-order chi connectivity index (χ1) is 20.4. The Morgan fingerprint density at radius 2 is 1.71 bits per heavy atom. The quantitative estimate of drug-likeness (QED) is 0.108. The van der Waals surface area contributed by atoms with Crippen LogP contribution in [0.5, 0.6) is 5.75 Å². The van der Waals surface area contributed by atoms with Crippen LogP contribution in [0.4, 0.5) is 0 Å². The van der Waals surface area contributed by atoms with E-state index in [0.29, 0.717) is 45.2 Å². The monoisotopic (exact) mass is 622 g/mol. The third kappa shape index (κ3) is 6.73. The molecule has 0 aliphatic heterocycles. The SMILES string of the molecule is CCCc1onc(C[S+]([O-])c2c(Cl)cccc2Cl)c1COc1ccc(-c2ccc3nc(C(=O)OCC)ccc3c2)cc1. The highest BCUT2D eigenvalue weighted by atomic mass is 35.5. The summed E-state index contributed by atoms with van der Waals surface area (Å²) in [5.74, 6) is 1.05. The number of ether oxygens (including phenoxy) is 2. The Hall–Kier alpha value is -3.56. The minimum absolute atomic E-state index is 0.104. The fourth-order valence-electron chi connectivity index (χ4n) is 4.50. The first-order valence-electron chi connectivity index (χ1n) is 13.5. The van der Waals surface area contributed by atoms with Gasteiger partial charge in [0, 0.05) is 11.8 Å². The molecule has 2 heterocycles. The van der Waals surface area contributed by atoms with E-state index in [0.717, 1.165) is 34.0 Å². The molecule has 3 aromatic carbocycles. The van der Waals surface area contributed by atoms with E-state index < -0.39 is 17.1 Å². The Kier molecular flexibility index (Phi) is 9.69. The van der Waals surface area contributed by atoms with Gasteiger partial charge >= 0.3 is 5.97 Å². The van der Waals surface area contributed by atoms with Gasteiger partial charge in [0.05, 0.1) is 27.7 Å². The molecule has 5 rings (SSSR count). The zero-order valence-electron chi connectivity index (χ0n) is 23.1.